The Bertz CT molecular complexity index is 1320. The number of esters is 3. The van der Waals surface area contributed by atoms with Gasteiger partial charge in [0.25, 0.3) is 0 Å². The first-order chi connectivity index (χ1) is 40.5. The maximum atomic E-state index is 12.9. The number of rotatable bonds is 70. The van der Waals surface area contributed by atoms with Crippen molar-refractivity contribution in [3.8, 4) is 0 Å². The summed E-state index contributed by atoms with van der Waals surface area (Å²) in [6.07, 6.45) is 88.0. The van der Waals surface area contributed by atoms with Gasteiger partial charge in [-0.25, -0.2) is 0 Å². The molecule has 0 aliphatic carbocycles. The summed E-state index contributed by atoms with van der Waals surface area (Å²) in [5.41, 5.74) is 0. The van der Waals surface area contributed by atoms with E-state index in [1.54, 1.807) is 0 Å². The van der Waals surface area contributed by atoms with Gasteiger partial charge in [-0.15, -0.1) is 0 Å². The second-order valence-electron chi connectivity index (χ2n) is 25.6. The summed E-state index contributed by atoms with van der Waals surface area (Å²) < 4.78 is 17.0. The minimum Gasteiger partial charge on any atom is -0.462 e. The molecule has 0 aromatic carbocycles. The van der Waals surface area contributed by atoms with Gasteiger partial charge < -0.3 is 14.2 Å². The number of unbranched alkanes of at least 4 members (excludes halogenated alkanes) is 55. The summed E-state index contributed by atoms with van der Waals surface area (Å²) in [6.45, 7) is 6.70. The van der Waals surface area contributed by atoms with Gasteiger partial charge in [-0.2, -0.15) is 0 Å². The average molecular weight is 1150 g/mol. The number of hydrogen-bond acceptors (Lipinski definition) is 6. The fourth-order valence-corrected chi connectivity index (χ4v) is 11.6. The first-order valence-corrected chi connectivity index (χ1v) is 37.3. The SMILES string of the molecule is CCCCCC/C=C\C/C=C\CCCCCCCC(=O)OCC(COC(=O)CCCCCCCCCCCCCCCCCCCCCCCCCCCCCCCCC)OC(=O)CCCCCCCCCCCCCCCCCCC. The monoisotopic (exact) mass is 1150 g/mol. The third kappa shape index (κ3) is 68.7. The summed E-state index contributed by atoms with van der Waals surface area (Å²) in [5, 5.41) is 0. The molecule has 6 heteroatoms. The van der Waals surface area contributed by atoms with E-state index in [0.29, 0.717) is 19.3 Å². The highest BCUT2D eigenvalue weighted by atomic mass is 16.6. The van der Waals surface area contributed by atoms with E-state index in [4.69, 9.17) is 14.2 Å². The lowest BCUT2D eigenvalue weighted by molar-refractivity contribution is -0.167. The topological polar surface area (TPSA) is 78.9 Å². The molecule has 0 aromatic heterocycles. The van der Waals surface area contributed by atoms with Gasteiger partial charge in [0.05, 0.1) is 0 Å². The van der Waals surface area contributed by atoms with Crippen LogP contribution in [-0.4, -0.2) is 37.2 Å². The molecule has 0 saturated carbocycles. The van der Waals surface area contributed by atoms with E-state index in [1.165, 1.54) is 308 Å². The van der Waals surface area contributed by atoms with E-state index < -0.39 is 6.10 Å². The van der Waals surface area contributed by atoms with Gasteiger partial charge in [0, 0.05) is 19.3 Å². The number of ether oxygens (including phenoxy) is 3. The predicted molar refractivity (Wildman–Crippen MR) is 358 cm³/mol. The fraction of sp³-hybridized carbons (Fsp3) is 0.908. The molecular weight excluding hydrogens is 1010 g/mol. The fourth-order valence-electron chi connectivity index (χ4n) is 11.6. The minimum absolute atomic E-state index is 0.0692. The highest BCUT2D eigenvalue weighted by Gasteiger charge is 2.20. The molecule has 0 radical (unpaired) electrons. The Morgan fingerprint density at radius 3 is 0.683 bits per heavy atom. The lowest BCUT2D eigenvalue weighted by atomic mass is 10.0. The quantitative estimate of drug-likeness (QED) is 0.0261. The van der Waals surface area contributed by atoms with Crippen LogP contribution in [0.3, 0.4) is 0 Å². The molecule has 0 aliphatic rings. The van der Waals surface area contributed by atoms with Crippen molar-refractivity contribution in [3.63, 3.8) is 0 Å². The van der Waals surface area contributed by atoms with E-state index in [0.717, 1.165) is 77.0 Å². The number of carbonyl (C=O) groups excluding carboxylic acids is 3. The molecule has 82 heavy (non-hydrogen) atoms. The van der Waals surface area contributed by atoms with Gasteiger partial charge >= 0.3 is 17.9 Å². The lowest BCUT2D eigenvalue weighted by Gasteiger charge is -2.18. The van der Waals surface area contributed by atoms with Crippen molar-refractivity contribution in [1.29, 1.82) is 0 Å². The van der Waals surface area contributed by atoms with Gasteiger partial charge in [-0.1, -0.05) is 379 Å². The van der Waals surface area contributed by atoms with Crippen LogP contribution in [0.25, 0.3) is 0 Å². The van der Waals surface area contributed by atoms with E-state index in [1.807, 2.05) is 0 Å². The number of hydrogen-bond donors (Lipinski definition) is 0. The van der Waals surface area contributed by atoms with Gasteiger partial charge in [0.1, 0.15) is 13.2 Å². The Balaban J connectivity index is 4.16. The molecule has 0 bridgehead atoms. The van der Waals surface area contributed by atoms with E-state index >= 15 is 0 Å². The first kappa shape index (κ1) is 79.9. The molecule has 0 amide bonds. The van der Waals surface area contributed by atoms with Crippen molar-refractivity contribution in [2.75, 3.05) is 13.2 Å². The molecular formula is C76H144O6. The van der Waals surface area contributed by atoms with Crippen LogP contribution in [-0.2, 0) is 28.6 Å². The zero-order valence-electron chi connectivity index (χ0n) is 55.8. The minimum atomic E-state index is -0.774. The average Bonchev–Trinajstić information content (AvgIpc) is 3.47. The molecule has 6 nitrogen and oxygen atoms in total. The molecule has 484 valence electrons. The van der Waals surface area contributed by atoms with Crippen LogP contribution < -0.4 is 0 Å². The van der Waals surface area contributed by atoms with Gasteiger partial charge in [-0.3, -0.25) is 14.4 Å². The zero-order chi connectivity index (χ0) is 59.2. The van der Waals surface area contributed by atoms with Crippen molar-refractivity contribution < 1.29 is 28.6 Å². The molecule has 0 rings (SSSR count). The van der Waals surface area contributed by atoms with Crippen molar-refractivity contribution in [1.82, 2.24) is 0 Å². The Morgan fingerprint density at radius 2 is 0.439 bits per heavy atom. The molecule has 1 unspecified atom stereocenters. The van der Waals surface area contributed by atoms with Crippen LogP contribution in [0.4, 0.5) is 0 Å². The highest BCUT2D eigenvalue weighted by molar-refractivity contribution is 5.71. The second kappa shape index (κ2) is 71.4. The van der Waals surface area contributed by atoms with Gasteiger partial charge in [0.2, 0.25) is 0 Å². The normalized spacial score (nSPS) is 12.1. The van der Waals surface area contributed by atoms with Crippen LogP contribution in [0, 0.1) is 0 Å². The molecule has 0 heterocycles. The molecule has 1 atom stereocenters. The maximum Gasteiger partial charge on any atom is 0.306 e. The highest BCUT2D eigenvalue weighted by Crippen LogP contribution is 2.19. The van der Waals surface area contributed by atoms with Gasteiger partial charge in [-0.05, 0) is 51.4 Å². The van der Waals surface area contributed by atoms with Crippen LogP contribution in [0.2, 0.25) is 0 Å². The van der Waals surface area contributed by atoms with Crippen molar-refractivity contribution in [2.24, 2.45) is 0 Å². The molecule has 0 spiro atoms. The van der Waals surface area contributed by atoms with E-state index in [-0.39, 0.29) is 31.1 Å². The molecule has 0 fully saturated rings. The summed E-state index contributed by atoms with van der Waals surface area (Å²) in [7, 11) is 0. The van der Waals surface area contributed by atoms with Gasteiger partial charge in [0.15, 0.2) is 6.10 Å². The lowest BCUT2D eigenvalue weighted by Crippen LogP contribution is -2.30. The predicted octanol–water partition coefficient (Wildman–Crippen LogP) is 25.7. The van der Waals surface area contributed by atoms with E-state index in [2.05, 4.69) is 45.1 Å². The summed E-state index contributed by atoms with van der Waals surface area (Å²) in [6, 6.07) is 0. The largest absolute Gasteiger partial charge is 0.462 e. The molecule has 0 aromatic rings. The van der Waals surface area contributed by atoms with Crippen molar-refractivity contribution in [3.05, 3.63) is 24.3 Å². The van der Waals surface area contributed by atoms with Crippen LogP contribution >= 0.6 is 0 Å². The summed E-state index contributed by atoms with van der Waals surface area (Å²) in [4.78, 5) is 38.5. The van der Waals surface area contributed by atoms with Crippen LogP contribution in [0.15, 0.2) is 24.3 Å². The van der Waals surface area contributed by atoms with E-state index in [9.17, 15) is 14.4 Å². The Kier molecular flexibility index (Phi) is 69.5. The van der Waals surface area contributed by atoms with Crippen molar-refractivity contribution in [2.45, 2.75) is 431 Å². The standard InChI is InChI=1S/C76H144O6/c1-4-7-10-13-16-19-22-25-28-31-32-33-34-35-36-37-38-39-40-41-42-43-44-46-48-51-54-57-60-63-66-69-75(78)81-72-73(71-80-74(77)68-65-62-59-56-53-50-47-30-27-24-21-18-15-12-9-6-3)82-76(79)70-67-64-61-58-55-52-49-45-29-26-23-20-17-14-11-8-5-2/h21,24,30,47,73H,4-20,22-23,25-29,31-46,48-72H2,1-3H3/b24-21-,47-30-. The third-order valence-corrected chi connectivity index (χ3v) is 17.2. The second-order valence-corrected chi connectivity index (χ2v) is 25.6. The third-order valence-electron chi connectivity index (χ3n) is 17.2. The maximum absolute atomic E-state index is 12.9. The number of allylic oxidation sites excluding steroid dienone is 4. The molecule has 0 aliphatic heterocycles. The van der Waals surface area contributed by atoms with Crippen LogP contribution in [0.5, 0.6) is 0 Å². The molecule has 0 N–H and O–H groups in total. The van der Waals surface area contributed by atoms with Crippen molar-refractivity contribution >= 4 is 17.9 Å². The Labute approximate surface area is 513 Å². The number of carbonyl (C=O) groups is 3. The Morgan fingerprint density at radius 1 is 0.244 bits per heavy atom. The Hall–Kier alpha value is -2.11. The molecule has 0 saturated heterocycles. The summed E-state index contributed by atoms with van der Waals surface area (Å²) in [5.74, 6) is -0.849. The smallest absolute Gasteiger partial charge is 0.306 e. The summed E-state index contributed by atoms with van der Waals surface area (Å²) >= 11 is 0. The first-order valence-electron chi connectivity index (χ1n) is 37.3. The van der Waals surface area contributed by atoms with Crippen LogP contribution in [0.1, 0.15) is 425 Å². The zero-order valence-corrected chi connectivity index (χ0v) is 55.8.